The molecular weight excluding hydrogens is 210 g/mol. The van der Waals surface area contributed by atoms with Crippen LogP contribution in [0.25, 0.3) is 6.08 Å². The molecule has 3 unspecified atom stereocenters. The molecule has 0 amide bonds. The maximum Gasteiger partial charge on any atom is 0.166 e. The maximum absolute atomic E-state index is 12.2. The Bertz CT molecular complexity index is 516. The van der Waals surface area contributed by atoms with Crippen LogP contribution in [0.2, 0.25) is 0 Å². The fraction of sp³-hybridized carbons (Fsp3) is 0.467. The molecule has 2 aliphatic carbocycles. The van der Waals surface area contributed by atoms with Gasteiger partial charge in [-0.2, -0.15) is 0 Å². The van der Waals surface area contributed by atoms with Gasteiger partial charge in [0.25, 0.3) is 0 Å². The molecule has 2 aliphatic rings. The van der Waals surface area contributed by atoms with Crippen LogP contribution in [0.5, 0.6) is 0 Å². The second kappa shape index (κ2) is 3.52. The van der Waals surface area contributed by atoms with E-state index in [4.69, 9.17) is 0 Å². The Labute approximate surface area is 102 Å². The molecule has 2 heteroatoms. The van der Waals surface area contributed by atoms with E-state index in [9.17, 15) is 4.79 Å². The summed E-state index contributed by atoms with van der Waals surface area (Å²) in [5.74, 6) is 2.16. The zero-order valence-corrected chi connectivity index (χ0v) is 10.5. The number of Topliss-reactive ketones (excluding diaryl/α,β-unsaturated/α-hetero) is 1. The first kappa shape index (κ1) is 10.7. The van der Waals surface area contributed by atoms with E-state index in [1.165, 1.54) is 0 Å². The van der Waals surface area contributed by atoms with Crippen molar-refractivity contribution in [1.82, 2.24) is 4.98 Å². The van der Waals surface area contributed by atoms with Gasteiger partial charge in [-0.05, 0) is 17.9 Å². The van der Waals surface area contributed by atoms with Gasteiger partial charge in [-0.1, -0.05) is 32.9 Å². The van der Waals surface area contributed by atoms with E-state index in [0.717, 1.165) is 16.8 Å². The third kappa shape index (κ3) is 1.47. The highest BCUT2D eigenvalue weighted by Crippen LogP contribution is 2.57. The van der Waals surface area contributed by atoms with Crippen LogP contribution in [0.4, 0.5) is 0 Å². The molecule has 3 atom stereocenters. The molecule has 1 aromatic rings. The number of carbonyl (C=O) groups is 1. The molecule has 17 heavy (non-hydrogen) atoms. The van der Waals surface area contributed by atoms with E-state index < -0.39 is 0 Å². The Morgan fingerprint density at radius 2 is 2.18 bits per heavy atom. The van der Waals surface area contributed by atoms with Crippen molar-refractivity contribution in [2.45, 2.75) is 26.7 Å². The molecule has 1 heterocycles. The summed E-state index contributed by atoms with van der Waals surface area (Å²) < 4.78 is 0. The van der Waals surface area contributed by atoms with Gasteiger partial charge in [0.1, 0.15) is 0 Å². The van der Waals surface area contributed by atoms with Crippen LogP contribution in [0.1, 0.15) is 48.3 Å². The largest absolute Gasteiger partial charge is 0.294 e. The van der Waals surface area contributed by atoms with Crippen molar-refractivity contribution in [3.8, 4) is 0 Å². The van der Waals surface area contributed by atoms with Crippen LogP contribution >= 0.6 is 0 Å². The quantitative estimate of drug-likeness (QED) is 0.726. The fourth-order valence-electron chi connectivity index (χ4n) is 2.88. The number of rotatable bonds is 2. The summed E-state index contributed by atoms with van der Waals surface area (Å²) in [6, 6.07) is 1.86. The molecule has 88 valence electrons. The molecule has 0 bridgehead atoms. The summed E-state index contributed by atoms with van der Waals surface area (Å²) in [6.07, 6.45) is 6.13. The minimum Gasteiger partial charge on any atom is -0.294 e. The second-order valence-corrected chi connectivity index (χ2v) is 5.50. The zero-order chi connectivity index (χ0) is 12.2. The predicted molar refractivity (Wildman–Crippen MR) is 67.8 cm³/mol. The Morgan fingerprint density at radius 1 is 1.41 bits per heavy atom. The molecule has 3 rings (SSSR count). The molecule has 1 saturated carbocycles. The van der Waals surface area contributed by atoms with Gasteiger partial charge < -0.3 is 0 Å². The van der Waals surface area contributed by atoms with E-state index in [-0.39, 0.29) is 11.7 Å². The van der Waals surface area contributed by atoms with E-state index in [1.807, 2.05) is 19.9 Å². The summed E-state index contributed by atoms with van der Waals surface area (Å²) in [7, 11) is 0. The maximum atomic E-state index is 12.2. The second-order valence-electron chi connectivity index (χ2n) is 5.50. The van der Waals surface area contributed by atoms with Crippen LogP contribution in [0.15, 0.2) is 18.3 Å². The van der Waals surface area contributed by atoms with Gasteiger partial charge in [-0.15, -0.1) is 0 Å². The molecule has 2 nitrogen and oxygen atoms in total. The number of hydrogen-bond donors (Lipinski definition) is 0. The lowest BCUT2D eigenvalue weighted by atomic mass is 9.92. The molecule has 1 aromatic heterocycles. The van der Waals surface area contributed by atoms with Crippen molar-refractivity contribution in [3.63, 3.8) is 0 Å². The Hall–Kier alpha value is -1.44. The van der Waals surface area contributed by atoms with Gasteiger partial charge in [-0.3, -0.25) is 9.78 Å². The summed E-state index contributed by atoms with van der Waals surface area (Å²) in [5.41, 5.74) is 3.05. The lowest BCUT2D eigenvalue weighted by Gasteiger charge is -2.14. The van der Waals surface area contributed by atoms with Crippen LogP contribution in [-0.4, -0.2) is 10.8 Å². The molecule has 0 radical (unpaired) electrons. The first-order chi connectivity index (χ1) is 8.11. The molecule has 0 spiro atoms. The van der Waals surface area contributed by atoms with Crippen molar-refractivity contribution in [2.75, 3.05) is 0 Å². The van der Waals surface area contributed by atoms with Crippen LogP contribution in [0, 0.1) is 17.8 Å². The molecule has 0 aliphatic heterocycles. The van der Waals surface area contributed by atoms with E-state index in [0.29, 0.717) is 17.8 Å². The first-order valence-electron chi connectivity index (χ1n) is 6.32. The number of pyridine rings is 1. The van der Waals surface area contributed by atoms with Gasteiger partial charge >= 0.3 is 0 Å². The van der Waals surface area contributed by atoms with Gasteiger partial charge in [0, 0.05) is 29.2 Å². The highest BCUT2D eigenvalue weighted by Gasteiger charge is 2.49. The fourth-order valence-corrected chi connectivity index (χ4v) is 2.88. The normalized spacial score (nSPS) is 28.8. The Balaban J connectivity index is 2.10. The van der Waals surface area contributed by atoms with Gasteiger partial charge in [0.05, 0.1) is 5.69 Å². The lowest BCUT2D eigenvalue weighted by molar-refractivity contribution is 0.0939. The monoisotopic (exact) mass is 227 g/mol. The standard InChI is InChI=1S/C15H17NO/c1-8(2)15(17)12-6-7-16-14-11(12)5-4-10-9(3)13(10)14/h4-10,13H,1-3H3. The molecule has 0 N–H and O–H groups in total. The highest BCUT2D eigenvalue weighted by atomic mass is 16.1. The van der Waals surface area contributed by atoms with Crippen molar-refractivity contribution >= 4 is 11.9 Å². The van der Waals surface area contributed by atoms with Crippen molar-refractivity contribution in [1.29, 1.82) is 0 Å². The molecule has 0 saturated heterocycles. The number of fused-ring (bicyclic) bond motifs is 3. The minimum atomic E-state index is 0.0456. The van der Waals surface area contributed by atoms with Crippen LogP contribution in [-0.2, 0) is 0 Å². The summed E-state index contributed by atoms with van der Waals surface area (Å²) >= 11 is 0. The SMILES string of the molecule is CC(C)C(=O)c1ccnc2c1C=CC1C(C)C21. The number of nitrogens with zero attached hydrogens (tertiary/aromatic N) is 1. The minimum absolute atomic E-state index is 0.0456. The number of ketones is 1. The first-order valence-corrected chi connectivity index (χ1v) is 6.32. The van der Waals surface area contributed by atoms with E-state index >= 15 is 0 Å². The summed E-state index contributed by atoms with van der Waals surface area (Å²) in [6.45, 7) is 6.15. The van der Waals surface area contributed by atoms with E-state index in [2.05, 4.69) is 24.1 Å². The van der Waals surface area contributed by atoms with Crippen molar-refractivity contribution < 1.29 is 4.79 Å². The number of carbonyl (C=O) groups excluding carboxylic acids is 1. The van der Waals surface area contributed by atoms with Gasteiger partial charge in [0.2, 0.25) is 0 Å². The number of aromatic nitrogens is 1. The summed E-state index contributed by atoms with van der Waals surface area (Å²) in [4.78, 5) is 16.6. The topological polar surface area (TPSA) is 30.0 Å². The van der Waals surface area contributed by atoms with Crippen molar-refractivity contribution in [3.05, 3.63) is 35.2 Å². The summed E-state index contributed by atoms with van der Waals surface area (Å²) in [5, 5.41) is 0. The van der Waals surface area contributed by atoms with Crippen molar-refractivity contribution in [2.24, 2.45) is 17.8 Å². The average molecular weight is 227 g/mol. The Morgan fingerprint density at radius 3 is 2.88 bits per heavy atom. The molecule has 0 aromatic carbocycles. The average Bonchev–Trinajstić information content (AvgIpc) is 2.99. The molecular formula is C15H17NO. The lowest BCUT2D eigenvalue weighted by Crippen LogP contribution is -2.12. The Kier molecular flexibility index (Phi) is 2.22. The van der Waals surface area contributed by atoms with Gasteiger partial charge in [-0.25, -0.2) is 0 Å². The number of hydrogen-bond acceptors (Lipinski definition) is 2. The highest BCUT2D eigenvalue weighted by molar-refractivity contribution is 6.01. The zero-order valence-electron chi connectivity index (χ0n) is 10.5. The smallest absolute Gasteiger partial charge is 0.166 e. The third-order valence-corrected chi connectivity index (χ3v) is 4.06. The predicted octanol–water partition coefficient (Wildman–Crippen LogP) is 3.30. The molecule has 1 fully saturated rings. The number of allylic oxidation sites excluding steroid dienone is 1. The van der Waals surface area contributed by atoms with Crippen LogP contribution in [0.3, 0.4) is 0 Å². The van der Waals surface area contributed by atoms with E-state index in [1.54, 1.807) is 6.20 Å². The van der Waals surface area contributed by atoms with Crippen LogP contribution < -0.4 is 0 Å². The third-order valence-electron chi connectivity index (χ3n) is 4.06. The van der Waals surface area contributed by atoms with Gasteiger partial charge in [0.15, 0.2) is 5.78 Å².